The van der Waals surface area contributed by atoms with Crippen molar-refractivity contribution in [3.63, 3.8) is 0 Å². The van der Waals surface area contributed by atoms with E-state index in [0.717, 1.165) is 12.1 Å². The Balaban J connectivity index is 2.21. The zero-order valence-electron chi connectivity index (χ0n) is 11.5. The maximum absolute atomic E-state index is 13.8. The standard InChI is InChI=1S/C16H17ClFNO/c1-3-19-11(2)12-6-4-7-13(10-12)20-15-9-5-8-14(17)16(15)18/h4-11,19H,3H2,1-2H3. The minimum atomic E-state index is -0.542. The van der Waals surface area contributed by atoms with Crippen LogP contribution in [0.5, 0.6) is 11.5 Å². The monoisotopic (exact) mass is 293 g/mol. The lowest BCUT2D eigenvalue weighted by Crippen LogP contribution is -2.17. The first-order valence-corrected chi connectivity index (χ1v) is 6.94. The maximum atomic E-state index is 13.8. The van der Waals surface area contributed by atoms with Gasteiger partial charge in [0.1, 0.15) is 5.75 Å². The molecule has 2 nitrogen and oxygen atoms in total. The Labute approximate surface area is 123 Å². The summed E-state index contributed by atoms with van der Waals surface area (Å²) in [6.07, 6.45) is 0. The largest absolute Gasteiger partial charge is 0.454 e. The van der Waals surface area contributed by atoms with Crippen LogP contribution in [-0.4, -0.2) is 6.54 Å². The summed E-state index contributed by atoms with van der Waals surface area (Å²) < 4.78 is 19.4. The summed E-state index contributed by atoms with van der Waals surface area (Å²) in [5.74, 6) is 0.179. The molecule has 2 aromatic carbocycles. The van der Waals surface area contributed by atoms with Crippen LogP contribution < -0.4 is 10.1 Å². The molecule has 0 aliphatic heterocycles. The van der Waals surface area contributed by atoms with Gasteiger partial charge in [-0.05, 0) is 43.3 Å². The summed E-state index contributed by atoms with van der Waals surface area (Å²) in [5, 5.41) is 3.38. The molecule has 0 bridgehead atoms. The normalized spacial score (nSPS) is 12.2. The van der Waals surface area contributed by atoms with Gasteiger partial charge in [-0.1, -0.05) is 36.7 Å². The van der Waals surface area contributed by atoms with Crippen LogP contribution in [0.4, 0.5) is 4.39 Å². The van der Waals surface area contributed by atoms with Gasteiger partial charge in [0.15, 0.2) is 11.6 Å². The van der Waals surface area contributed by atoms with Crippen LogP contribution in [0.3, 0.4) is 0 Å². The van der Waals surface area contributed by atoms with Crippen molar-refractivity contribution in [1.82, 2.24) is 5.32 Å². The SMILES string of the molecule is CCNC(C)c1cccc(Oc2cccc(Cl)c2F)c1. The smallest absolute Gasteiger partial charge is 0.184 e. The highest BCUT2D eigenvalue weighted by atomic mass is 35.5. The fraction of sp³-hybridized carbons (Fsp3) is 0.250. The minimum absolute atomic E-state index is 0.0553. The fourth-order valence-electron chi connectivity index (χ4n) is 1.96. The molecule has 0 amide bonds. The van der Waals surface area contributed by atoms with Gasteiger partial charge in [-0.3, -0.25) is 0 Å². The first-order chi connectivity index (χ1) is 9.61. The molecule has 2 rings (SSSR count). The molecular formula is C16H17ClFNO. The molecule has 1 N–H and O–H groups in total. The van der Waals surface area contributed by atoms with Crippen LogP contribution in [0.15, 0.2) is 42.5 Å². The van der Waals surface area contributed by atoms with E-state index in [9.17, 15) is 4.39 Å². The van der Waals surface area contributed by atoms with Gasteiger partial charge in [-0.2, -0.15) is 0 Å². The minimum Gasteiger partial charge on any atom is -0.454 e. The highest BCUT2D eigenvalue weighted by Gasteiger charge is 2.10. The third-order valence-corrected chi connectivity index (χ3v) is 3.30. The van der Waals surface area contributed by atoms with Gasteiger partial charge in [-0.25, -0.2) is 4.39 Å². The molecule has 0 saturated carbocycles. The van der Waals surface area contributed by atoms with Crippen molar-refractivity contribution in [2.24, 2.45) is 0 Å². The Kier molecular flexibility index (Phi) is 4.99. The number of nitrogens with one attached hydrogen (secondary N) is 1. The summed E-state index contributed by atoms with van der Waals surface area (Å²) >= 11 is 5.74. The van der Waals surface area contributed by atoms with Crippen LogP contribution in [0.25, 0.3) is 0 Å². The lowest BCUT2D eigenvalue weighted by atomic mass is 10.1. The summed E-state index contributed by atoms with van der Waals surface area (Å²) in [4.78, 5) is 0. The molecule has 2 aromatic rings. The quantitative estimate of drug-likeness (QED) is 0.843. The number of ether oxygens (including phenoxy) is 1. The van der Waals surface area contributed by atoms with Gasteiger partial charge in [0.05, 0.1) is 5.02 Å². The number of rotatable bonds is 5. The molecule has 0 aliphatic rings. The summed E-state index contributed by atoms with van der Waals surface area (Å²) in [6.45, 7) is 5.01. The topological polar surface area (TPSA) is 21.3 Å². The summed E-state index contributed by atoms with van der Waals surface area (Å²) in [7, 11) is 0. The van der Waals surface area contributed by atoms with Gasteiger partial charge < -0.3 is 10.1 Å². The Morgan fingerprint density at radius 1 is 1.25 bits per heavy atom. The molecule has 1 unspecified atom stereocenters. The molecule has 106 valence electrons. The van der Waals surface area contributed by atoms with Crippen molar-refractivity contribution < 1.29 is 9.13 Å². The van der Waals surface area contributed by atoms with E-state index in [2.05, 4.69) is 19.2 Å². The molecule has 0 aromatic heterocycles. The molecule has 0 radical (unpaired) electrons. The van der Waals surface area contributed by atoms with Crippen LogP contribution >= 0.6 is 11.6 Å². The van der Waals surface area contributed by atoms with Crippen LogP contribution in [0.1, 0.15) is 25.5 Å². The predicted octanol–water partition coefficient (Wildman–Crippen LogP) is 4.94. The first kappa shape index (κ1) is 14.8. The molecule has 0 fully saturated rings. The molecular weight excluding hydrogens is 277 g/mol. The second kappa shape index (κ2) is 6.73. The summed E-state index contributed by atoms with van der Waals surface area (Å²) in [5.41, 5.74) is 1.09. The zero-order chi connectivity index (χ0) is 14.5. The van der Waals surface area contributed by atoms with E-state index >= 15 is 0 Å². The van der Waals surface area contributed by atoms with E-state index in [4.69, 9.17) is 16.3 Å². The highest BCUT2D eigenvalue weighted by Crippen LogP contribution is 2.29. The molecule has 4 heteroatoms. The molecule has 0 saturated heterocycles. The van der Waals surface area contributed by atoms with E-state index in [1.807, 2.05) is 18.2 Å². The van der Waals surface area contributed by atoms with E-state index in [0.29, 0.717) is 5.75 Å². The average Bonchev–Trinajstić information content (AvgIpc) is 2.44. The molecule has 20 heavy (non-hydrogen) atoms. The van der Waals surface area contributed by atoms with Gasteiger partial charge >= 0.3 is 0 Å². The second-order valence-corrected chi connectivity index (χ2v) is 4.91. The third-order valence-electron chi connectivity index (χ3n) is 3.01. The molecule has 0 aliphatic carbocycles. The molecule has 0 heterocycles. The average molecular weight is 294 g/mol. The lowest BCUT2D eigenvalue weighted by Gasteiger charge is -2.14. The van der Waals surface area contributed by atoms with E-state index in [1.165, 1.54) is 6.07 Å². The van der Waals surface area contributed by atoms with Crippen molar-refractivity contribution in [3.8, 4) is 11.5 Å². The summed E-state index contributed by atoms with van der Waals surface area (Å²) in [6, 6.07) is 12.5. The Hall–Kier alpha value is -1.58. The van der Waals surface area contributed by atoms with Crippen LogP contribution in [0.2, 0.25) is 5.02 Å². The number of hydrogen-bond acceptors (Lipinski definition) is 2. The van der Waals surface area contributed by atoms with Crippen molar-refractivity contribution in [3.05, 3.63) is 58.9 Å². The molecule has 0 spiro atoms. The van der Waals surface area contributed by atoms with E-state index < -0.39 is 5.82 Å². The Bertz CT molecular complexity index is 588. The van der Waals surface area contributed by atoms with Gasteiger partial charge in [0, 0.05) is 6.04 Å². The third kappa shape index (κ3) is 3.50. The van der Waals surface area contributed by atoms with Gasteiger partial charge in [-0.15, -0.1) is 0 Å². The number of hydrogen-bond donors (Lipinski definition) is 1. The fourth-order valence-corrected chi connectivity index (χ4v) is 2.13. The van der Waals surface area contributed by atoms with Crippen molar-refractivity contribution >= 4 is 11.6 Å². The first-order valence-electron chi connectivity index (χ1n) is 6.57. The van der Waals surface area contributed by atoms with Gasteiger partial charge in [0.25, 0.3) is 0 Å². The van der Waals surface area contributed by atoms with E-state index in [-0.39, 0.29) is 16.8 Å². The Morgan fingerprint density at radius 2 is 2.00 bits per heavy atom. The predicted molar refractivity (Wildman–Crippen MR) is 80.0 cm³/mol. The molecule has 1 atom stereocenters. The van der Waals surface area contributed by atoms with E-state index in [1.54, 1.807) is 18.2 Å². The highest BCUT2D eigenvalue weighted by molar-refractivity contribution is 6.30. The van der Waals surface area contributed by atoms with Crippen molar-refractivity contribution in [2.75, 3.05) is 6.54 Å². The maximum Gasteiger partial charge on any atom is 0.184 e. The van der Waals surface area contributed by atoms with Crippen LogP contribution in [0, 0.1) is 5.82 Å². The van der Waals surface area contributed by atoms with Crippen molar-refractivity contribution in [1.29, 1.82) is 0 Å². The number of benzene rings is 2. The lowest BCUT2D eigenvalue weighted by molar-refractivity contribution is 0.441. The Morgan fingerprint density at radius 3 is 2.75 bits per heavy atom. The van der Waals surface area contributed by atoms with Crippen LogP contribution in [-0.2, 0) is 0 Å². The second-order valence-electron chi connectivity index (χ2n) is 4.51. The van der Waals surface area contributed by atoms with Gasteiger partial charge in [0.2, 0.25) is 0 Å². The van der Waals surface area contributed by atoms with Crippen molar-refractivity contribution in [2.45, 2.75) is 19.9 Å². The number of halogens is 2. The zero-order valence-corrected chi connectivity index (χ0v) is 12.2.